The molecule has 8 rings (SSSR count). The summed E-state index contributed by atoms with van der Waals surface area (Å²) in [5.41, 5.74) is 12.4. The van der Waals surface area contributed by atoms with Gasteiger partial charge in [-0.3, -0.25) is 4.98 Å². The first-order valence-electron chi connectivity index (χ1n) is 17.9. The highest BCUT2D eigenvalue weighted by Crippen LogP contribution is 2.45. The molecule has 0 saturated carbocycles. The Morgan fingerprint density at radius 1 is 0.481 bits per heavy atom. The summed E-state index contributed by atoms with van der Waals surface area (Å²) in [6, 6.07) is 46.7. The third-order valence-corrected chi connectivity index (χ3v) is 9.74. The molecule has 6 aromatic carbocycles. The van der Waals surface area contributed by atoms with Crippen LogP contribution in [0.15, 0.2) is 190 Å². The van der Waals surface area contributed by atoms with E-state index in [0.29, 0.717) is 5.82 Å². The highest BCUT2D eigenvalue weighted by Gasteiger charge is 2.20. The molecule has 0 amide bonds. The van der Waals surface area contributed by atoms with E-state index >= 15 is 0 Å². The van der Waals surface area contributed by atoms with Crippen LogP contribution in [0.25, 0.3) is 95.8 Å². The van der Waals surface area contributed by atoms with Crippen LogP contribution in [-0.4, -0.2) is 15.0 Å². The van der Waals surface area contributed by atoms with Crippen LogP contribution in [0.4, 0.5) is 0 Å². The quantitative estimate of drug-likeness (QED) is 0.134. The van der Waals surface area contributed by atoms with Crippen molar-refractivity contribution in [1.29, 1.82) is 0 Å². The van der Waals surface area contributed by atoms with E-state index in [0.717, 1.165) is 66.8 Å². The fraction of sp³-hybridized carbons (Fsp3) is 0. The predicted octanol–water partition coefficient (Wildman–Crippen LogP) is 13.6. The Balaban J connectivity index is 1.24. The van der Waals surface area contributed by atoms with Gasteiger partial charge in [0.15, 0.2) is 5.82 Å². The average molecular weight is 692 g/mol. The molecule has 0 aliphatic heterocycles. The lowest BCUT2D eigenvalue weighted by atomic mass is 9.82. The van der Waals surface area contributed by atoms with E-state index in [2.05, 4.69) is 146 Å². The summed E-state index contributed by atoms with van der Waals surface area (Å²) in [5, 5.41) is 4.73. The molecule has 0 fully saturated rings. The summed E-state index contributed by atoms with van der Waals surface area (Å²) < 4.78 is 0. The van der Waals surface area contributed by atoms with Gasteiger partial charge in [0.1, 0.15) is 0 Å². The summed E-state index contributed by atoms with van der Waals surface area (Å²) in [7, 11) is 0. The Morgan fingerprint density at radius 3 is 1.85 bits per heavy atom. The average Bonchev–Trinajstić information content (AvgIpc) is 3.24. The highest BCUT2D eigenvalue weighted by atomic mass is 14.9. The van der Waals surface area contributed by atoms with Gasteiger partial charge in [0.2, 0.25) is 0 Å². The second-order valence-electron chi connectivity index (χ2n) is 12.9. The number of aromatic nitrogens is 3. The van der Waals surface area contributed by atoms with Gasteiger partial charge in [0, 0.05) is 23.5 Å². The topological polar surface area (TPSA) is 38.7 Å². The third kappa shape index (κ3) is 6.51. The molecule has 256 valence electrons. The van der Waals surface area contributed by atoms with Gasteiger partial charge in [0.05, 0.1) is 11.4 Å². The van der Waals surface area contributed by atoms with E-state index in [4.69, 9.17) is 9.97 Å². The molecule has 3 heteroatoms. The van der Waals surface area contributed by atoms with E-state index in [9.17, 15) is 0 Å². The molecule has 0 radical (unpaired) electrons. The largest absolute Gasteiger partial charge is 0.264 e. The van der Waals surface area contributed by atoms with Crippen LogP contribution in [0, 0.1) is 0 Å². The van der Waals surface area contributed by atoms with Crippen molar-refractivity contribution in [3.63, 3.8) is 0 Å². The van der Waals surface area contributed by atoms with Crippen molar-refractivity contribution in [2.75, 3.05) is 0 Å². The Morgan fingerprint density at radius 2 is 1.13 bits per heavy atom. The number of hydrogen-bond acceptors (Lipinski definition) is 3. The Bertz CT molecular complexity index is 2730. The van der Waals surface area contributed by atoms with Crippen LogP contribution < -0.4 is 0 Å². The van der Waals surface area contributed by atoms with Gasteiger partial charge in [-0.2, -0.15) is 0 Å². The summed E-state index contributed by atoms with van der Waals surface area (Å²) in [6.07, 6.45) is 17.1. The smallest absolute Gasteiger partial charge is 0.160 e. The van der Waals surface area contributed by atoms with E-state index in [1.54, 1.807) is 12.3 Å². The molecule has 8 aromatic rings. The lowest BCUT2D eigenvalue weighted by molar-refractivity contribution is 1.16. The van der Waals surface area contributed by atoms with Crippen LogP contribution in [-0.2, 0) is 0 Å². The monoisotopic (exact) mass is 691 g/mol. The first-order chi connectivity index (χ1) is 26.7. The molecule has 0 aliphatic carbocycles. The molecule has 3 nitrogen and oxygen atoms in total. The standard InChI is InChI=1S/C51H37N3/c1-4-7-8-9-19-41-33-48(37-26-24-35(25-27-37)40-18-15-32-52-34-40)54-51(53-41)39-30-28-38(29-31-39)49-42(5-2)43(6-3)50(47-22-13-12-21-46(47)49)45-23-14-17-36-16-10-11-20-44(36)45/h4-34H,1-3H2/b8-7-,19-9+. The summed E-state index contributed by atoms with van der Waals surface area (Å²) in [4.78, 5) is 14.3. The normalized spacial score (nSPS) is 11.4. The molecule has 0 saturated heterocycles. The molecular weight excluding hydrogens is 655 g/mol. The SMILES string of the molecule is C=C/C=C\C=C\c1cc(-c2ccc(-c3cccnc3)cc2)nc(-c2ccc(-c3c(C=C)c(C=C)c(-c4cccc5ccccc45)c4ccccc34)cc2)n1. The number of rotatable bonds is 10. The van der Waals surface area contributed by atoms with Crippen molar-refractivity contribution in [3.05, 3.63) is 207 Å². The molecule has 2 aromatic heterocycles. The lowest BCUT2D eigenvalue weighted by Gasteiger charge is -2.21. The van der Waals surface area contributed by atoms with Crippen molar-refractivity contribution in [1.82, 2.24) is 15.0 Å². The number of benzene rings is 6. The first-order valence-corrected chi connectivity index (χ1v) is 17.9. The number of hydrogen-bond donors (Lipinski definition) is 0. The summed E-state index contributed by atoms with van der Waals surface area (Å²) in [5.74, 6) is 0.648. The molecule has 0 atom stereocenters. The fourth-order valence-electron chi connectivity index (χ4n) is 7.23. The lowest BCUT2D eigenvalue weighted by Crippen LogP contribution is -1.97. The van der Waals surface area contributed by atoms with E-state index in [1.165, 1.54) is 21.7 Å². The van der Waals surface area contributed by atoms with Crippen molar-refractivity contribution in [2.45, 2.75) is 0 Å². The van der Waals surface area contributed by atoms with Gasteiger partial charge < -0.3 is 0 Å². The predicted molar refractivity (Wildman–Crippen MR) is 231 cm³/mol. The van der Waals surface area contributed by atoms with Gasteiger partial charge >= 0.3 is 0 Å². The first kappa shape index (κ1) is 33.9. The Labute approximate surface area is 316 Å². The number of pyridine rings is 1. The zero-order valence-electron chi connectivity index (χ0n) is 29.9. The van der Waals surface area contributed by atoms with Crippen molar-refractivity contribution in [3.8, 4) is 56.0 Å². The van der Waals surface area contributed by atoms with Gasteiger partial charge in [-0.05, 0) is 84.3 Å². The number of fused-ring (bicyclic) bond motifs is 2. The number of nitrogens with zero attached hydrogens (tertiary/aromatic N) is 3. The van der Waals surface area contributed by atoms with Crippen LogP contribution >= 0.6 is 0 Å². The molecule has 54 heavy (non-hydrogen) atoms. The second-order valence-corrected chi connectivity index (χ2v) is 12.9. The third-order valence-electron chi connectivity index (χ3n) is 9.74. The molecule has 0 unspecified atom stereocenters. The molecule has 0 aliphatic rings. The molecule has 0 N–H and O–H groups in total. The van der Waals surface area contributed by atoms with Gasteiger partial charge in [0.25, 0.3) is 0 Å². The van der Waals surface area contributed by atoms with Crippen molar-refractivity contribution >= 4 is 39.8 Å². The Kier molecular flexibility index (Phi) is 9.52. The zero-order chi connectivity index (χ0) is 36.9. The second kappa shape index (κ2) is 15.2. The van der Waals surface area contributed by atoms with Gasteiger partial charge in [-0.25, -0.2) is 9.97 Å². The van der Waals surface area contributed by atoms with E-state index in [1.807, 2.05) is 54.8 Å². The van der Waals surface area contributed by atoms with Crippen LogP contribution in [0.3, 0.4) is 0 Å². The maximum Gasteiger partial charge on any atom is 0.160 e. The van der Waals surface area contributed by atoms with E-state index < -0.39 is 0 Å². The molecule has 0 spiro atoms. The highest BCUT2D eigenvalue weighted by molar-refractivity contribution is 6.15. The maximum atomic E-state index is 5.08. The van der Waals surface area contributed by atoms with Gasteiger partial charge in [-0.1, -0.05) is 178 Å². The fourth-order valence-corrected chi connectivity index (χ4v) is 7.23. The maximum absolute atomic E-state index is 5.08. The summed E-state index contributed by atoms with van der Waals surface area (Å²) in [6.45, 7) is 12.4. The van der Waals surface area contributed by atoms with Crippen LogP contribution in [0.5, 0.6) is 0 Å². The Hall–Kier alpha value is -7.23. The van der Waals surface area contributed by atoms with Crippen molar-refractivity contribution in [2.24, 2.45) is 0 Å². The van der Waals surface area contributed by atoms with Crippen molar-refractivity contribution < 1.29 is 0 Å². The summed E-state index contributed by atoms with van der Waals surface area (Å²) >= 11 is 0. The zero-order valence-corrected chi connectivity index (χ0v) is 29.9. The molecular formula is C51H37N3. The van der Waals surface area contributed by atoms with E-state index in [-0.39, 0.29) is 0 Å². The van der Waals surface area contributed by atoms with Crippen LogP contribution in [0.1, 0.15) is 16.8 Å². The van der Waals surface area contributed by atoms with Crippen LogP contribution in [0.2, 0.25) is 0 Å². The number of allylic oxidation sites excluding steroid dienone is 4. The van der Waals surface area contributed by atoms with Gasteiger partial charge in [-0.15, -0.1) is 0 Å². The minimum atomic E-state index is 0.648. The molecule has 2 heterocycles. The molecule has 0 bridgehead atoms. The minimum absolute atomic E-state index is 0.648. The minimum Gasteiger partial charge on any atom is -0.264 e.